The monoisotopic (exact) mass is 302 g/mol. The topological polar surface area (TPSA) is 84.6 Å². The number of rotatable bonds is 15. The third-order valence-corrected chi connectivity index (χ3v) is 3.43. The van der Waals surface area contributed by atoms with E-state index in [0.717, 1.165) is 12.8 Å². The normalized spacial score (nSPS) is 12.3. The van der Waals surface area contributed by atoms with E-state index in [1.54, 1.807) is 0 Å². The second-order valence-corrected chi connectivity index (χ2v) is 5.48. The lowest BCUT2D eigenvalue weighted by atomic mass is 10.1. The fourth-order valence-corrected chi connectivity index (χ4v) is 2.20. The molecule has 0 aromatic rings. The van der Waals surface area contributed by atoms with Gasteiger partial charge in [-0.2, -0.15) is 0 Å². The molecule has 1 amide bonds. The van der Waals surface area contributed by atoms with Crippen molar-refractivity contribution in [2.45, 2.75) is 77.4 Å². The van der Waals surface area contributed by atoms with Crippen LogP contribution in [0.25, 0.3) is 0 Å². The Morgan fingerprint density at radius 3 is 2.19 bits per heavy atom. The molecule has 0 aliphatic carbocycles. The first-order valence-electron chi connectivity index (χ1n) is 8.46. The summed E-state index contributed by atoms with van der Waals surface area (Å²) in [4.78, 5) is 11.6. The summed E-state index contributed by atoms with van der Waals surface area (Å²) in [5.74, 6) is -0.0611. The van der Waals surface area contributed by atoms with Crippen LogP contribution in [0.2, 0.25) is 0 Å². The van der Waals surface area contributed by atoms with Crippen molar-refractivity contribution in [2.24, 2.45) is 5.73 Å². The molecule has 0 fully saturated rings. The lowest BCUT2D eigenvalue weighted by molar-refractivity contribution is -0.126. The van der Waals surface area contributed by atoms with E-state index in [4.69, 9.17) is 15.6 Å². The van der Waals surface area contributed by atoms with E-state index in [9.17, 15) is 4.79 Å². The minimum atomic E-state index is -0.625. The molecule has 0 spiro atoms. The van der Waals surface area contributed by atoms with Crippen LogP contribution < -0.4 is 11.1 Å². The molecule has 5 heteroatoms. The van der Waals surface area contributed by atoms with Crippen molar-refractivity contribution in [3.05, 3.63) is 0 Å². The van der Waals surface area contributed by atoms with Crippen molar-refractivity contribution in [1.29, 1.82) is 0 Å². The van der Waals surface area contributed by atoms with Gasteiger partial charge in [0, 0.05) is 13.0 Å². The van der Waals surface area contributed by atoms with Crippen LogP contribution in [0.1, 0.15) is 71.1 Å². The molecule has 4 N–H and O–H groups in total. The van der Waals surface area contributed by atoms with E-state index in [2.05, 4.69) is 12.2 Å². The minimum absolute atomic E-state index is 0.0611. The van der Waals surface area contributed by atoms with Crippen LogP contribution in [0.3, 0.4) is 0 Å². The number of nitrogens with two attached hydrogens (primary N) is 1. The van der Waals surface area contributed by atoms with Crippen LogP contribution in [0.15, 0.2) is 0 Å². The highest BCUT2D eigenvalue weighted by Gasteiger charge is 2.10. The van der Waals surface area contributed by atoms with Crippen LogP contribution in [0, 0.1) is 0 Å². The molecule has 0 heterocycles. The van der Waals surface area contributed by atoms with Gasteiger partial charge in [0.2, 0.25) is 5.91 Å². The fourth-order valence-electron chi connectivity index (χ4n) is 2.20. The standard InChI is InChI=1S/C16H34N2O3/c1-2-3-4-5-6-7-8-9-10-11-15(20)18-16(14-19)21-13-12-17/h16,19H,2-14,17H2,1H3,(H,18,20). The van der Waals surface area contributed by atoms with Gasteiger partial charge in [-0.3, -0.25) is 4.79 Å². The Balaban J connectivity index is 3.40. The number of unbranched alkanes of at least 4 members (excludes halogenated alkanes) is 8. The first-order chi connectivity index (χ1) is 10.2. The Kier molecular flexibility index (Phi) is 15.2. The van der Waals surface area contributed by atoms with Gasteiger partial charge in [-0.25, -0.2) is 0 Å². The number of hydrogen-bond donors (Lipinski definition) is 3. The maximum atomic E-state index is 11.6. The molecule has 0 radical (unpaired) electrons. The number of nitrogens with one attached hydrogen (secondary N) is 1. The number of carbonyl (C=O) groups is 1. The molecule has 0 aliphatic rings. The van der Waals surface area contributed by atoms with Crippen LogP contribution >= 0.6 is 0 Å². The van der Waals surface area contributed by atoms with Gasteiger partial charge < -0.3 is 20.9 Å². The van der Waals surface area contributed by atoms with Crippen molar-refractivity contribution in [3.8, 4) is 0 Å². The summed E-state index contributed by atoms with van der Waals surface area (Å²) in [6, 6.07) is 0. The fraction of sp³-hybridized carbons (Fsp3) is 0.938. The number of aliphatic hydroxyl groups excluding tert-OH is 1. The van der Waals surface area contributed by atoms with Crippen molar-refractivity contribution in [2.75, 3.05) is 19.8 Å². The van der Waals surface area contributed by atoms with Gasteiger partial charge >= 0.3 is 0 Å². The van der Waals surface area contributed by atoms with Crippen LogP contribution in [0.4, 0.5) is 0 Å². The summed E-state index contributed by atoms with van der Waals surface area (Å²) in [7, 11) is 0. The molecule has 1 unspecified atom stereocenters. The van der Waals surface area contributed by atoms with Gasteiger partial charge in [-0.05, 0) is 6.42 Å². The van der Waals surface area contributed by atoms with Crippen LogP contribution in [-0.2, 0) is 9.53 Å². The molecule has 0 aromatic carbocycles. The van der Waals surface area contributed by atoms with Gasteiger partial charge in [-0.1, -0.05) is 58.3 Å². The highest BCUT2D eigenvalue weighted by atomic mass is 16.5. The Bertz CT molecular complexity index is 238. The van der Waals surface area contributed by atoms with Gasteiger partial charge in [0.1, 0.15) is 0 Å². The third-order valence-electron chi connectivity index (χ3n) is 3.43. The van der Waals surface area contributed by atoms with E-state index in [1.165, 1.54) is 44.9 Å². The zero-order chi connectivity index (χ0) is 15.8. The van der Waals surface area contributed by atoms with Crippen LogP contribution in [-0.4, -0.2) is 37.0 Å². The molecule has 0 saturated carbocycles. The quantitative estimate of drug-likeness (QED) is 0.320. The molecular formula is C16H34N2O3. The first-order valence-corrected chi connectivity index (χ1v) is 8.46. The summed E-state index contributed by atoms with van der Waals surface area (Å²) in [5, 5.41) is 11.7. The summed E-state index contributed by atoms with van der Waals surface area (Å²) in [5.41, 5.74) is 5.31. The number of ether oxygens (including phenoxy) is 1. The Hall–Kier alpha value is -0.650. The molecular weight excluding hydrogens is 268 g/mol. The molecule has 1 atom stereocenters. The molecule has 126 valence electrons. The highest BCUT2D eigenvalue weighted by molar-refractivity contribution is 5.75. The molecule has 5 nitrogen and oxygen atoms in total. The first kappa shape index (κ1) is 20.3. The molecule has 0 rings (SSSR count). The molecule has 0 aromatic heterocycles. The zero-order valence-electron chi connectivity index (χ0n) is 13.6. The van der Waals surface area contributed by atoms with Crippen molar-refractivity contribution >= 4 is 5.91 Å². The summed E-state index contributed by atoms with van der Waals surface area (Å²) in [6.45, 7) is 2.73. The van der Waals surface area contributed by atoms with Gasteiger partial charge in [-0.15, -0.1) is 0 Å². The van der Waals surface area contributed by atoms with Gasteiger partial charge in [0.25, 0.3) is 0 Å². The SMILES string of the molecule is CCCCCCCCCCCC(=O)NC(CO)OCCN. The molecule has 0 aliphatic heterocycles. The van der Waals surface area contributed by atoms with E-state index in [1.807, 2.05) is 0 Å². The van der Waals surface area contributed by atoms with Crippen molar-refractivity contribution < 1.29 is 14.6 Å². The third kappa shape index (κ3) is 14.1. The average Bonchev–Trinajstić information content (AvgIpc) is 2.49. The zero-order valence-corrected chi connectivity index (χ0v) is 13.6. The van der Waals surface area contributed by atoms with E-state index >= 15 is 0 Å². The number of carbonyl (C=O) groups excluding carboxylic acids is 1. The second kappa shape index (κ2) is 15.7. The highest BCUT2D eigenvalue weighted by Crippen LogP contribution is 2.10. The number of hydrogen-bond acceptors (Lipinski definition) is 4. The smallest absolute Gasteiger partial charge is 0.222 e. The Morgan fingerprint density at radius 1 is 1.10 bits per heavy atom. The number of amides is 1. The molecule has 21 heavy (non-hydrogen) atoms. The van der Waals surface area contributed by atoms with Crippen LogP contribution in [0.5, 0.6) is 0 Å². The molecule has 0 saturated heterocycles. The predicted molar refractivity (Wildman–Crippen MR) is 85.9 cm³/mol. The minimum Gasteiger partial charge on any atom is -0.392 e. The van der Waals surface area contributed by atoms with Crippen molar-refractivity contribution in [3.63, 3.8) is 0 Å². The van der Waals surface area contributed by atoms with Crippen molar-refractivity contribution in [1.82, 2.24) is 5.32 Å². The maximum Gasteiger partial charge on any atom is 0.222 e. The molecule has 0 bridgehead atoms. The second-order valence-electron chi connectivity index (χ2n) is 5.48. The van der Waals surface area contributed by atoms with E-state index in [-0.39, 0.29) is 12.5 Å². The summed E-state index contributed by atoms with van der Waals surface area (Å²) in [6.07, 6.45) is 11.0. The lowest BCUT2D eigenvalue weighted by Crippen LogP contribution is -2.40. The lowest BCUT2D eigenvalue weighted by Gasteiger charge is -2.16. The Morgan fingerprint density at radius 2 is 1.67 bits per heavy atom. The number of aliphatic hydroxyl groups is 1. The summed E-state index contributed by atoms with van der Waals surface area (Å²) >= 11 is 0. The largest absolute Gasteiger partial charge is 0.392 e. The maximum absolute atomic E-state index is 11.6. The Labute approximate surface area is 129 Å². The van der Waals surface area contributed by atoms with Gasteiger partial charge in [0.05, 0.1) is 13.2 Å². The summed E-state index contributed by atoms with van der Waals surface area (Å²) < 4.78 is 5.20. The van der Waals surface area contributed by atoms with E-state index in [0.29, 0.717) is 19.6 Å². The average molecular weight is 302 g/mol. The van der Waals surface area contributed by atoms with E-state index < -0.39 is 6.23 Å². The predicted octanol–water partition coefficient (Wildman–Crippen LogP) is 2.32. The van der Waals surface area contributed by atoms with Gasteiger partial charge in [0.15, 0.2) is 6.23 Å².